The van der Waals surface area contributed by atoms with E-state index < -0.39 is 5.91 Å². The maximum Gasteiger partial charge on any atom is 0.258 e. The second-order valence-electron chi connectivity index (χ2n) is 4.60. The van der Waals surface area contributed by atoms with Gasteiger partial charge in [0.1, 0.15) is 5.75 Å². The monoisotopic (exact) mass is 343 g/mol. The fourth-order valence-electron chi connectivity index (χ4n) is 2.20. The van der Waals surface area contributed by atoms with Crippen molar-refractivity contribution in [2.24, 2.45) is 0 Å². The fraction of sp³-hybridized carbons (Fsp3) is 0. The Balaban J connectivity index is 2.14. The van der Waals surface area contributed by atoms with Gasteiger partial charge in [-0.3, -0.25) is 14.9 Å². The molecule has 1 aliphatic heterocycles. The number of carbonyl (C=O) groups excluding carboxylic acids is 2. The maximum absolute atomic E-state index is 12.1. The summed E-state index contributed by atoms with van der Waals surface area (Å²) in [4.78, 5) is 23.9. The number of carbonyl (C=O) groups is 2. The Kier molecular flexibility index (Phi) is 3.35. The summed E-state index contributed by atoms with van der Waals surface area (Å²) in [5.41, 5.74) is 2.24. The van der Waals surface area contributed by atoms with Crippen molar-refractivity contribution < 1.29 is 14.7 Å². The van der Waals surface area contributed by atoms with Gasteiger partial charge in [-0.2, -0.15) is 0 Å². The third kappa shape index (κ3) is 2.48. The van der Waals surface area contributed by atoms with Gasteiger partial charge in [0.25, 0.3) is 11.8 Å². The lowest BCUT2D eigenvalue weighted by Gasteiger charge is -2.18. The minimum absolute atomic E-state index is 0.126. The third-order valence-electron chi connectivity index (χ3n) is 3.22. The molecule has 1 aliphatic rings. The zero-order chi connectivity index (χ0) is 15.0. The van der Waals surface area contributed by atoms with Crippen LogP contribution in [0.3, 0.4) is 0 Å². The number of aromatic hydroxyl groups is 1. The van der Waals surface area contributed by atoms with E-state index in [-0.39, 0.29) is 11.7 Å². The van der Waals surface area contributed by atoms with Gasteiger partial charge in [-0.1, -0.05) is 24.3 Å². The average molecular weight is 344 g/mol. The standard InChI is InChI=1S/C16H10BrNO3/c17-13-8-9(5-6-14(13)19)7-12-10-3-1-2-4-11(10)15(20)18-16(12)21/h1-8,19H,(H,18,20,21)/b12-7-. The second-order valence-corrected chi connectivity index (χ2v) is 5.45. The molecule has 0 atom stereocenters. The lowest BCUT2D eigenvalue weighted by Crippen LogP contribution is -2.36. The van der Waals surface area contributed by atoms with E-state index in [0.29, 0.717) is 21.2 Å². The SMILES string of the molecule is O=C1NC(=O)c2ccccc2/C1=C/c1ccc(O)c(Br)c1. The van der Waals surface area contributed by atoms with Gasteiger partial charge >= 0.3 is 0 Å². The number of halogens is 1. The number of rotatable bonds is 1. The molecule has 21 heavy (non-hydrogen) atoms. The predicted octanol–water partition coefficient (Wildman–Crippen LogP) is 2.97. The minimum atomic E-state index is -0.428. The molecule has 1 heterocycles. The summed E-state index contributed by atoms with van der Waals surface area (Å²) in [7, 11) is 0. The van der Waals surface area contributed by atoms with Crippen molar-refractivity contribution >= 4 is 39.4 Å². The molecule has 0 fully saturated rings. The fourth-order valence-corrected chi connectivity index (χ4v) is 2.60. The van der Waals surface area contributed by atoms with E-state index in [9.17, 15) is 14.7 Å². The molecule has 4 nitrogen and oxygen atoms in total. The summed E-state index contributed by atoms with van der Waals surface area (Å²) < 4.78 is 0.539. The molecule has 5 heteroatoms. The molecule has 0 saturated heterocycles. The van der Waals surface area contributed by atoms with Crippen LogP contribution in [0.4, 0.5) is 0 Å². The van der Waals surface area contributed by atoms with E-state index in [0.717, 1.165) is 5.56 Å². The molecular formula is C16H10BrNO3. The Bertz CT molecular complexity index is 796. The van der Waals surface area contributed by atoms with Gasteiger partial charge in [-0.15, -0.1) is 0 Å². The van der Waals surface area contributed by atoms with Crippen molar-refractivity contribution in [1.29, 1.82) is 0 Å². The summed E-state index contributed by atoms with van der Waals surface area (Å²) >= 11 is 3.23. The Morgan fingerprint density at radius 2 is 1.71 bits per heavy atom. The normalized spacial score (nSPS) is 15.8. The van der Waals surface area contributed by atoms with Crippen LogP contribution in [-0.4, -0.2) is 16.9 Å². The first-order valence-corrected chi connectivity index (χ1v) is 7.01. The van der Waals surface area contributed by atoms with Crippen LogP contribution in [0, 0.1) is 0 Å². The highest BCUT2D eigenvalue weighted by Crippen LogP contribution is 2.29. The van der Waals surface area contributed by atoms with Crippen LogP contribution in [0.25, 0.3) is 11.6 Å². The molecule has 3 rings (SSSR count). The van der Waals surface area contributed by atoms with E-state index in [2.05, 4.69) is 21.2 Å². The highest BCUT2D eigenvalue weighted by molar-refractivity contribution is 9.10. The van der Waals surface area contributed by atoms with Gasteiger partial charge in [0.05, 0.1) is 4.47 Å². The zero-order valence-corrected chi connectivity index (χ0v) is 12.3. The Labute approximate surface area is 129 Å². The van der Waals surface area contributed by atoms with Crippen molar-refractivity contribution in [3.63, 3.8) is 0 Å². The van der Waals surface area contributed by atoms with Gasteiger partial charge in [0, 0.05) is 11.1 Å². The zero-order valence-electron chi connectivity index (χ0n) is 10.8. The molecule has 2 aromatic rings. The van der Waals surface area contributed by atoms with Gasteiger partial charge in [-0.25, -0.2) is 0 Å². The highest BCUT2D eigenvalue weighted by atomic mass is 79.9. The van der Waals surface area contributed by atoms with Crippen LogP contribution in [0.2, 0.25) is 0 Å². The van der Waals surface area contributed by atoms with Crippen molar-refractivity contribution in [2.45, 2.75) is 0 Å². The van der Waals surface area contributed by atoms with Crippen molar-refractivity contribution in [2.75, 3.05) is 0 Å². The summed E-state index contributed by atoms with van der Waals surface area (Å²) in [5.74, 6) is -0.691. The topological polar surface area (TPSA) is 66.4 Å². The van der Waals surface area contributed by atoms with E-state index in [1.54, 1.807) is 42.5 Å². The number of hydrogen-bond acceptors (Lipinski definition) is 3. The molecular weight excluding hydrogens is 334 g/mol. The first-order valence-electron chi connectivity index (χ1n) is 6.21. The molecule has 0 spiro atoms. The molecule has 0 aliphatic carbocycles. The summed E-state index contributed by atoms with van der Waals surface area (Å²) in [6, 6.07) is 11.9. The van der Waals surface area contributed by atoms with E-state index in [1.807, 2.05) is 0 Å². The Morgan fingerprint density at radius 1 is 1.00 bits per heavy atom. The van der Waals surface area contributed by atoms with Crippen LogP contribution in [0.5, 0.6) is 5.75 Å². The number of benzene rings is 2. The number of phenolic OH excluding ortho intramolecular Hbond substituents is 1. The number of phenols is 1. The lowest BCUT2D eigenvalue weighted by atomic mass is 9.93. The summed E-state index contributed by atoms with van der Waals surface area (Å²) in [6.45, 7) is 0. The van der Waals surface area contributed by atoms with Crippen LogP contribution < -0.4 is 5.32 Å². The van der Waals surface area contributed by atoms with Crippen LogP contribution in [0.1, 0.15) is 21.5 Å². The molecule has 2 amide bonds. The maximum atomic E-state index is 12.1. The first-order chi connectivity index (χ1) is 10.1. The molecule has 0 radical (unpaired) electrons. The molecule has 0 aromatic heterocycles. The van der Waals surface area contributed by atoms with E-state index in [1.165, 1.54) is 6.07 Å². The number of fused-ring (bicyclic) bond motifs is 1. The van der Waals surface area contributed by atoms with Crippen LogP contribution in [-0.2, 0) is 4.79 Å². The lowest BCUT2D eigenvalue weighted by molar-refractivity contribution is -0.114. The molecule has 0 unspecified atom stereocenters. The number of nitrogens with one attached hydrogen (secondary N) is 1. The molecule has 2 aromatic carbocycles. The van der Waals surface area contributed by atoms with Crippen molar-refractivity contribution in [3.8, 4) is 5.75 Å². The van der Waals surface area contributed by atoms with Crippen LogP contribution in [0.15, 0.2) is 46.9 Å². The molecule has 0 bridgehead atoms. The third-order valence-corrected chi connectivity index (χ3v) is 3.85. The van der Waals surface area contributed by atoms with E-state index in [4.69, 9.17) is 0 Å². The highest BCUT2D eigenvalue weighted by Gasteiger charge is 2.26. The van der Waals surface area contributed by atoms with E-state index >= 15 is 0 Å². The van der Waals surface area contributed by atoms with Crippen LogP contribution >= 0.6 is 15.9 Å². The average Bonchev–Trinajstić information content (AvgIpc) is 2.47. The Morgan fingerprint density at radius 3 is 2.43 bits per heavy atom. The van der Waals surface area contributed by atoms with Crippen molar-refractivity contribution in [3.05, 3.63) is 63.6 Å². The number of imide groups is 1. The molecule has 104 valence electrons. The van der Waals surface area contributed by atoms with Gasteiger partial charge in [0.2, 0.25) is 0 Å². The molecule has 2 N–H and O–H groups in total. The Hall–Kier alpha value is -2.40. The quantitative estimate of drug-likeness (QED) is 0.617. The second kappa shape index (κ2) is 5.18. The molecule has 0 saturated carbocycles. The number of amides is 2. The van der Waals surface area contributed by atoms with Gasteiger partial charge in [-0.05, 0) is 51.3 Å². The minimum Gasteiger partial charge on any atom is -0.507 e. The predicted molar refractivity (Wildman–Crippen MR) is 82.6 cm³/mol. The number of hydrogen-bond donors (Lipinski definition) is 2. The first kappa shape index (κ1) is 13.6. The smallest absolute Gasteiger partial charge is 0.258 e. The largest absolute Gasteiger partial charge is 0.507 e. The summed E-state index contributed by atoms with van der Waals surface area (Å²) in [6.07, 6.45) is 1.69. The van der Waals surface area contributed by atoms with Crippen molar-refractivity contribution in [1.82, 2.24) is 5.32 Å². The summed E-state index contributed by atoms with van der Waals surface area (Å²) in [5, 5.41) is 11.8. The van der Waals surface area contributed by atoms with Gasteiger partial charge < -0.3 is 5.11 Å². The van der Waals surface area contributed by atoms with Gasteiger partial charge in [0.15, 0.2) is 0 Å².